The van der Waals surface area contributed by atoms with Gasteiger partial charge in [-0.25, -0.2) is 4.99 Å². The summed E-state index contributed by atoms with van der Waals surface area (Å²) < 4.78 is 11.3. The first-order valence-corrected chi connectivity index (χ1v) is 9.30. The van der Waals surface area contributed by atoms with Gasteiger partial charge in [0.05, 0.1) is 13.7 Å². The molecule has 2 aromatic carbocycles. The van der Waals surface area contributed by atoms with Gasteiger partial charge in [-0.05, 0) is 42.9 Å². The summed E-state index contributed by atoms with van der Waals surface area (Å²) in [5.74, 6) is 1.82. The molecule has 0 saturated carbocycles. The van der Waals surface area contributed by atoms with Crippen LogP contribution in [-0.4, -0.2) is 44.2 Å². The van der Waals surface area contributed by atoms with Gasteiger partial charge in [-0.15, -0.1) is 24.0 Å². The van der Waals surface area contributed by atoms with Gasteiger partial charge < -0.3 is 25.4 Å². The predicted molar refractivity (Wildman–Crippen MR) is 127 cm³/mol. The van der Waals surface area contributed by atoms with Crippen LogP contribution in [-0.2, 0) is 6.54 Å². The number of rotatable bonds is 10. The molecule has 0 heterocycles. The summed E-state index contributed by atoms with van der Waals surface area (Å²) in [6.07, 6.45) is 0. The summed E-state index contributed by atoms with van der Waals surface area (Å²) in [6, 6.07) is 15.6. The molecule has 6 nitrogen and oxygen atoms in total. The zero-order valence-electron chi connectivity index (χ0n) is 16.9. The van der Waals surface area contributed by atoms with Gasteiger partial charge in [0.1, 0.15) is 6.61 Å². The molecule has 2 rings (SSSR count). The van der Waals surface area contributed by atoms with Crippen molar-refractivity contribution >= 4 is 35.6 Å². The molecular formula is C21H31IN4O2. The lowest BCUT2D eigenvalue weighted by Crippen LogP contribution is -2.27. The third-order valence-electron chi connectivity index (χ3n) is 4.27. The number of methoxy groups -OCH3 is 1. The maximum Gasteiger partial charge on any atom is 0.193 e. The van der Waals surface area contributed by atoms with Crippen molar-refractivity contribution in [3.63, 3.8) is 0 Å². The standard InChI is InChI=1S/C21H30N4O2.HI/c1-4-25(5-2)13-14-27-19-12-11-17(15-20(19)26-3)16-23-21(22)24-18-9-7-6-8-10-18;/h6-12,15H,4-5,13-14,16H2,1-3H3,(H3,22,23,24);1H. The quantitative estimate of drug-likeness (QED) is 0.295. The van der Waals surface area contributed by atoms with Crippen LogP contribution in [0, 0.1) is 0 Å². The minimum absolute atomic E-state index is 0. The van der Waals surface area contributed by atoms with Crippen LogP contribution in [0.5, 0.6) is 11.5 Å². The van der Waals surface area contributed by atoms with Gasteiger partial charge in [0, 0.05) is 12.2 Å². The van der Waals surface area contributed by atoms with Crippen LogP contribution in [0.4, 0.5) is 5.69 Å². The highest BCUT2D eigenvalue weighted by Gasteiger charge is 2.07. The number of benzene rings is 2. The van der Waals surface area contributed by atoms with Crippen LogP contribution in [0.3, 0.4) is 0 Å². The van der Waals surface area contributed by atoms with Gasteiger partial charge in [-0.3, -0.25) is 0 Å². The Bertz CT molecular complexity index is 722. The summed E-state index contributed by atoms with van der Waals surface area (Å²) in [5, 5.41) is 3.07. The molecule has 0 aliphatic rings. The number of anilines is 1. The molecule has 2 aromatic rings. The molecular weight excluding hydrogens is 467 g/mol. The molecule has 0 spiro atoms. The second-order valence-corrected chi connectivity index (χ2v) is 6.05. The van der Waals surface area contributed by atoms with Crippen molar-refractivity contribution in [2.75, 3.05) is 38.7 Å². The smallest absolute Gasteiger partial charge is 0.193 e. The molecule has 28 heavy (non-hydrogen) atoms. The Labute approximate surface area is 185 Å². The van der Waals surface area contributed by atoms with Crippen LogP contribution in [0.2, 0.25) is 0 Å². The lowest BCUT2D eigenvalue weighted by molar-refractivity contribution is 0.217. The van der Waals surface area contributed by atoms with E-state index < -0.39 is 0 Å². The van der Waals surface area contributed by atoms with Gasteiger partial charge in [-0.1, -0.05) is 38.1 Å². The third-order valence-corrected chi connectivity index (χ3v) is 4.27. The molecule has 0 amide bonds. The normalized spacial score (nSPS) is 11.1. The van der Waals surface area contributed by atoms with E-state index in [-0.39, 0.29) is 24.0 Å². The predicted octanol–water partition coefficient (Wildman–Crippen LogP) is 3.96. The molecule has 0 aromatic heterocycles. The Morgan fingerprint density at radius 1 is 1.07 bits per heavy atom. The Hall–Kier alpha value is -2.00. The highest BCUT2D eigenvalue weighted by atomic mass is 127. The molecule has 154 valence electrons. The number of hydrogen-bond donors (Lipinski definition) is 2. The summed E-state index contributed by atoms with van der Waals surface area (Å²) in [7, 11) is 1.64. The van der Waals surface area contributed by atoms with Crippen LogP contribution in [0.25, 0.3) is 0 Å². The number of nitrogens with zero attached hydrogens (tertiary/aromatic N) is 2. The van der Waals surface area contributed by atoms with E-state index in [1.54, 1.807) is 7.11 Å². The van der Waals surface area contributed by atoms with Gasteiger partial charge in [0.15, 0.2) is 17.5 Å². The highest BCUT2D eigenvalue weighted by Crippen LogP contribution is 2.28. The first-order valence-electron chi connectivity index (χ1n) is 9.30. The van der Waals surface area contributed by atoms with E-state index in [1.165, 1.54) is 0 Å². The summed E-state index contributed by atoms with van der Waals surface area (Å²) in [5.41, 5.74) is 7.86. The molecule has 0 unspecified atom stereocenters. The molecule has 0 saturated heterocycles. The van der Waals surface area contributed by atoms with Crippen molar-refractivity contribution in [2.24, 2.45) is 10.7 Å². The van der Waals surface area contributed by atoms with E-state index >= 15 is 0 Å². The Morgan fingerprint density at radius 2 is 1.79 bits per heavy atom. The van der Waals surface area contributed by atoms with Gasteiger partial charge >= 0.3 is 0 Å². The lowest BCUT2D eigenvalue weighted by atomic mass is 10.2. The zero-order valence-corrected chi connectivity index (χ0v) is 19.2. The number of ether oxygens (including phenoxy) is 2. The number of hydrogen-bond acceptors (Lipinski definition) is 4. The van der Waals surface area contributed by atoms with Gasteiger partial charge in [-0.2, -0.15) is 0 Å². The lowest BCUT2D eigenvalue weighted by Gasteiger charge is -2.18. The van der Waals surface area contributed by atoms with E-state index in [9.17, 15) is 0 Å². The molecule has 0 fully saturated rings. The second kappa shape index (κ2) is 13.2. The second-order valence-electron chi connectivity index (χ2n) is 6.05. The van der Waals surface area contributed by atoms with Crippen LogP contribution >= 0.6 is 24.0 Å². The summed E-state index contributed by atoms with van der Waals surface area (Å²) in [6.45, 7) is 8.32. The van der Waals surface area contributed by atoms with Crippen LogP contribution in [0.15, 0.2) is 53.5 Å². The largest absolute Gasteiger partial charge is 0.493 e. The van der Waals surface area contributed by atoms with E-state index in [2.05, 4.69) is 29.1 Å². The number of nitrogens with one attached hydrogen (secondary N) is 1. The number of likely N-dealkylation sites (N-methyl/N-ethyl adjacent to an activating group) is 1. The number of para-hydroxylation sites is 1. The number of guanidine groups is 1. The minimum atomic E-state index is 0. The van der Waals surface area contributed by atoms with Crippen molar-refractivity contribution in [3.8, 4) is 11.5 Å². The Balaban J connectivity index is 0.00000392. The maximum absolute atomic E-state index is 5.95. The summed E-state index contributed by atoms with van der Waals surface area (Å²) >= 11 is 0. The fourth-order valence-corrected chi connectivity index (χ4v) is 2.64. The van der Waals surface area contributed by atoms with E-state index in [4.69, 9.17) is 15.2 Å². The topological polar surface area (TPSA) is 72.1 Å². The van der Waals surface area contributed by atoms with Crippen LogP contribution < -0.4 is 20.5 Å². The molecule has 7 heteroatoms. The highest BCUT2D eigenvalue weighted by molar-refractivity contribution is 14.0. The molecule has 0 radical (unpaired) electrons. The summed E-state index contributed by atoms with van der Waals surface area (Å²) in [4.78, 5) is 6.70. The van der Waals surface area contributed by atoms with E-state index in [0.717, 1.165) is 36.6 Å². The van der Waals surface area contributed by atoms with Crippen LogP contribution in [0.1, 0.15) is 19.4 Å². The fraction of sp³-hybridized carbons (Fsp3) is 0.381. The van der Waals surface area contributed by atoms with Crippen molar-refractivity contribution in [1.29, 1.82) is 0 Å². The van der Waals surface area contributed by atoms with Crippen molar-refractivity contribution in [2.45, 2.75) is 20.4 Å². The average Bonchev–Trinajstić information content (AvgIpc) is 2.71. The molecule has 0 bridgehead atoms. The number of aliphatic imine (C=N–C) groups is 1. The SMILES string of the molecule is CCN(CC)CCOc1ccc(CN=C(N)Nc2ccccc2)cc1OC.I. The maximum atomic E-state index is 5.95. The molecule has 0 aliphatic heterocycles. The molecule has 0 aliphatic carbocycles. The zero-order chi connectivity index (χ0) is 19.5. The first kappa shape index (κ1) is 24.0. The van der Waals surface area contributed by atoms with Crippen molar-refractivity contribution < 1.29 is 9.47 Å². The van der Waals surface area contributed by atoms with Gasteiger partial charge in [0.2, 0.25) is 0 Å². The Kier molecular flexibility index (Phi) is 11.4. The Morgan fingerprint density at radius 3 is 2.43 bits per heavy atom. The first-order chi connectivity index (χ1) is 13.2. The fourth-order valence-electron chi connectivity index (χ4n) is 2.64. The third kappa shape index (κ3) is 7.93. The van der Waals surface area contributed by atoms with E-state index in [0.29, 0.717) is 24.9 Å². The monoisotopic (exact) mass is 498 g/mol. The number of nitrogens with two attached hydrogens (primary N) is 1. The number of halogens is 1. The average molecular weight is 498 g/mol. The molecule has 3 N–H and O–H groups in total. The van der Waals surface area contributed by atoms with Crippen molar-refractivity contribution in [1.82, 2.24) is 4.90 Å². The van der Waals surface area contributed by atoms with E-state index in [1.807, 2.05) is 48.5 Å². The molecule has 0 atom stereocenters. The van der Waals surface area contributed by atoms with Gasteiger partial charge in [0.25, 0.3) is 0 Å². The van der Waals surface area contributed by atoms with Crippen molar-refractivity contribution in [3.05, 3.63) is 54.1 Å². The minimum Gasteiger partial charge on any atom is -0.493 e.